The molecule has 0 heterocycles. The van der Waals surface area contributed by atoms with Crippen LogP contribution in [0, 0.1) is 11.7 Å². The molecule has 0 unspecified atom stereocenters. The van der Waals surface area contributed by atoms with E-state index in [0.29, 0.717) is 6.42 Å². The molecular weight excluding hydrogens is 309 g/mol. The first kappa shape index (κ1) is 18.0. The van der Waals surface area contributed by atoms with Crippen molar-refractivity contribution in [2.45, 2.75) is 18.6 Å². The normalized spacial score (nSPS) is 20.3. The quantitative estimate of drug-likeness (QED) is 0.290. The fraction of sp³-hybridized carbons (Fsp3) is 0.235. The molecule has 0 fully saturated rings. The Morgan fingerprint density at radius 1 is 1.25 bits per heavy atom. The van der Waals surface area contributed by atoms with Crippen LogP contribution in [-0.2, 0) is 0 Å². The van der Waals surface area contributed by atoms with Crippen molar-refractivity contribution in [2.24, 2.45) is 17.6 Å². The van der Waals surface area contributed by atoms with Gasteiger partial charge in [0.1, 0.15) is 5.82 Å². The average Bonchev–Trinajstić information content (AvgIpc) is 2.93. The molecule has 6 nitrogen and oxygen atoms in total. The monoisotopic (exact) mass is 331 g/mol. The SMILES string of the molecule is C=CC1=C(C=C)[C@@H](C(NN)NN)C[C@H]1NC(=O)c1cccc(F)c1. The highest BCUT2D eigenvalue weighted by atomic mass is 19.1. The lowest BCUT2D eigenvalue weighted by Crippen LogP contribution is -2.54. The van der Waals surface area contributed by atoms with Crippen molar-refractivity contribution >= 4 is 5.91 Å². The molecule has 1 aromatic carbocycles. The van der Waals surface area contributed by atoms with Gasteiger partial charge in [-0.3, -0.25) is 16.5 Å². The third-order valence-corrected chi connectivity index (χ3v) is 4.19. The van der Waals surface area contributed by atoms with Crippen LogP contribution in [0.3, 0.4) is 0 Å². The summed E-state index contributed by atoms with van der Waals surface area (Å²) in [7, 11) is 0. The van der Waals surface area contributed by atoms with Crippen molar-refractivity contribution in [3.05, 3.63) is 72.1 Å². The Balaban J connectivity index is 2.24. The van der Waals surface area contributed by atoms with Gasteiger partial charge in [-0.25, -0.2) is 15.2 Å². The Hall–Kier alpha value is -2.32. The van der Waals surface area contributed by atoms with Crippen molar-refractivity contribution in [3.8, 4) is 0 Å². The molecule has 0 saturated heterocycles. The Labute approximate surface area is 140 Å². The molecule has 0 aromatic heterocycles. The van der Waals surface area contributed by atoms with Crippen molar-refractivity contribution in [3.63, 3.8) is 0 Å². The van der Waals surface area contributed by atoms with E-state index in [1.54, 1.807) is 18.2 Å². The molecule has 2 rings (SSSR count). The van der Waals surface area contributed by atoms with Gasteiger partial charge < -0.3 is 5.32 Å². The second kappa shape index (κ2) is 7.98. The fourth-order valence-electron chi connectivity index (χ4n) is 3.06. The van der Waals surface area contributed by atoms with Crippen LogP contribution in [0.25, 0.3) is 0 Å². The van der Waals surface area contributed by atoms with E-state index in [9.17, 15) is 9.18 Å². The van der Waals surface area contributed by atoms with E-state index < -0.39 is 5.82 Å². The zero-order valence-corrected chi connectivity index (χ0v) is 13.3. The smallest absolute Gasteiger partial charge is 0.251 e. The molecule has 7 N–H and O–H groups in total. The molecule has 1 aliphatic rings. The minimum Gasteiger partial charge on any atom is -0.345 e. The van der Waals surface area contributed by atoms with E-state index >= 15 is 0 Å². The standard InChI is InChI=1S/C17H22FN5O/c1-3-12-13(4-2)15(9-14(12)16(22-19)23-20)21-17(24)10-6-5-7-11(18)8-10/h3-8,14-16,22-23H,1-2,9,19-20H2,(H,21,24)/t14-,15+/m0/s1. The van der Waals surface area contributed by atoms with Gasteiger partial charge in [0.25, 0.3) is 5.91 Å². The lowest BCUT2D eigenvalue weighted by atomic mass is 9.97. The Kier molecular flexibility index (Phi) is 5.99. The van der Waals surface area contributed by atoms with Crippen LogP contribution in [0.2, 0.25) is 0 Å². The minimum atomic E-state index is -0.460. The molecule has 1 aromatic rings. The molecule has 128 valence electrons. The summed E-state index contributed by atoms with van der Waals surface area (Å²) in [4.78, 5) is 12.4. The van der Waals surface area contributed by atoms with Crippen LogP contribution in [0.5, 0.6) is 0 Å². The van der Waals surface area contributed by atoms with Crippen LogP contribution in [0.1, 0.15) is 16.8 Å². The Bertz CT molecular complexity index is 669. The first-order valence-electron chi connectivity index (χ1n) is 7.53. The van der Waals surface area contributed by atoms with Crippen LogP contribution in [-0.4, -0.2) is 18.1 Å². The molecular formula is C17H22FN5O. The zero-order chi connectivity index (χ0) is 17.7. The number of carbonyl (C=O) groups is 1. The maximum atomic E-state index is 13.3. The predicted octanol–water partition coefficient (Wildman–Crippen LogP) is 0.865. The Morgan fingerprint density at radius 3 is 2.46 bits per heavy atom. The van der Waals surface area contributed by atoms with Crippen LogP contribution >= 0.6 is 0 Å². The van der Waals surface area contributed by atoms with Gasteiger partial charge in [0.2, 0.25) is 0 Å². The first-order valence-corrected chi connectivity index (χ1v) is 7.53. The van der Waals surface area contributed by atoms with Gasteiger partial charge in [-0.15, -0.1) is 0 Å². The van der Waals surface area contributed by atoms with Gasteiger partial charge >= 0.3 is 0 Å². The largest absolute Gasteiger partial charge is 0.345 e. The molecule has 0 aliphatic heterocycles. The molecule has 1 aliphatic carbocycles. The van der Waals surface area contributed by atoms with Gasteiger partial charge in [-0.05, 0) is 35.8 Å². The summed E-state index contributed by atoms with van der Waals surface area (Å²) in [5, 5.41) is 2.90. The second-order valence-electron chi connectivity index (χ2n) is 5.51. The van der Waals surface area contributed by atoms with Gasteiger partial charge in [0.15, 0.2) is 0 Å². The summed E-state index contributed by atoms with van der Waals surface area (Å²) in [6, 6.07) is 5.24. The maximum Gasteiger partial charge on any atom is 0.251 e. The average molecular weight is 331 g/mol. The zero-order valence-electron chi connectivity index (χ0n) is 13.3. The number of rotatable bonds is 7. The van der Waals surface area contributed by atoms with Gasteiger partial charge in [-0.2, -0.15) is 0 Å². The predicted molar refractivity (Wildman–Crippen MR) is 91.6 cm³/mol. The third-order valence-electron chi connectivity index (χ3n) is 4.19. The Morgan fingerprint density at radius 2 is 1.92 bits per heavy atom. The minimum absolute atomic E-state index is 0.0942. The molecule has 2 atom stereocenters. The molecule has 24 heavy (non-hydrogen) atoms. The summed E-state index contributed by atoms with van der Waals surface area (Å²) in [5.41, 5.74) is 7.20. The molecule has 0 saturated carbocycles. The summed E-state index contributed by atoms with van der Waals surface area (Å²) in [5.74, 6) is 10.1. The highest BCUT2D eigenvalue weighted by Crippen LogP contribution is 2.35. The van der Waals surface area contributed by atoms with Crippen LogP contribution in [0.4, 0.5) is 4.39 Å². The fourth-order valence-corrected chi connectivity index (χ4v) is 3.06. The number of hydrogen-bond donors (Lipinski definition) is 5. The number of halogens is 1. The van der Waals surface area contributed by atoms with E-state index in [2.05, 4.69) is 29.3 Å². The van der Waals surface area contributed by atoms with E-state index in [0.717, 1.165) is 11.1 Å². The molecule has 0 bridgehead atoms. The number of benzene rings is 1. The molecule has 0 radical (unpaired) electrons. The molecule has 0 spiro atoms. The lowest BCUT2D eigenvalue weighted by Gasteiger charge is -2.24. The highest BCUT2D eigenvalue weighted by molar-refractivity contribution is 5.94. The first-order chi connectivity index (χ1) is 11.5. The van der Waals surface area contributed by atoms with Crippen molar-refractivity contribution in [1.29, 1.82) is 0 Å². The van der Waals surface area contributed by atoms with E-state index in [1.165, 1.54) is 18.2 Å². The second-order valence-corrected chi connectivity index (χ2v) is 5.51. The number of amides is 1. The van der Waals surface area contributed by atoms with E-state index in [1.807, 2.05) is 0 Å². The van der Waals surface area contributed by atoms with Crippen molar-refractivity contribution < 1.29 is 9.18 Å². The topological polar surface area (TPSA) is 105 Å². The summed E-state index contributed by atoms with van der Waals surface area (Å²) < 4.78 is 13.3. The van der Waals surface area contributed by atoms with Crippen LogP contribution in [0.15, 0.2) is 60.7 Å². The van der Waals surface area contributed by atoms with Crippen molar-refractivity contribution in [2.75, 3.05) is 0 Å². The number of hydrazine groups is 2. The summed E-state index contributed by atoms with van der Waals surface area (Å²) in [6.07, 6.45) is 3.56. The van der Waals surface area contributed by atoms with E-state index in [-0.39, 0.29) is 29.6 Å². The lowest BCUT2D eigenvalue weighted by molar-refractivity contribution is 0.0940. The third kappa shape index (κ3) is 3.60. The van der Waals surface area contributed by atoms with Gasteiger partial charge in [0.05, 0.1) is 12.2 Å². The summed E-state index contributed by atoms with van der Waals surface area (Å²) in [6.45, 7) is 7.63. The van der Waals surface area contributed by atoms with Crippen LogP contribution < -0.4 is 27.9 Å². The maximum absolute atomic E-state index is 13.3. The summed E-state index contributed by atoms with van der Waals surface area (Å²) >= 11 is 0. The number of hydrogen-bond acceptors (Lipinski definition) is 5. The molecule has 1 amide bonds. The molecule has 7 heteroatoms. The number of allylic oxidation sites excluding steroid dienone is 1. The number of nitrogens with one attached hydrogen (secondary N) is 3. The number of carbonyl (C=O) groups excluding carboxylic acids is 1. The van der Waals surface area contributed by atoms with Gasteiger partial charge in [0, 0.05) is 11.5 Å². The number of nitrogens with two attached hydrogens (primary N) is 2. The van der Waals surface area contributed by atoms with Gasteiger partial charge in [-0.1, -0.05) is 31.4 Å². The van der Waals surface area contributed by atoms with E-state index in [4.69, 9.17) is 11.7 Å². The van der Waals surface area contributed by atoms with Crippen molar-refractivity contribution in [1.82, 2.24) is 16.2 Å². The highest BCUT2D eigenvalue weighted by Gasteiger charge is 2.36.